The van der Waals surface area contributed by atoms with Gasteiger partial charge in [0.15, 0.2) is 0 Å². The molecule has 98 valence electrons. The van der Waals surface area contributed by atoms with Crippen molar-refractivity contribution in [2.75, 3.05) is 5.32 Å². The second kappa shape index (κ2) is 5.90. The molecular formula is C14H12BrClN2S. The van der Waals surface area contributed by atoms with Crippen LogP contribution in [0.15, 0.2) is 40.9 Å². The zero-order chi connectivity index (χ0) is 14.0. The molecule has 0 radical (unpaired) electrons. The summed E-state index contributed by atoms with van der Waals surface area (Å²) in [5.41, 5.74) is 9.35. The highest BCUT2D eigenvalue weighted by Gasteiger charge is 2.05. The maximum atomic E-state index is 6.14. The molecular weight excluding hydrogens is 344 g/mol. The van der Waals surface area contributed by atoms with E-state index in [0.717, 1.165) is 27.0 Å². The molecule has 2 rings (SSSR count). The van der Waals surface area contributed by atoms with E-state index in [0.29, 0.717) is 10.0 Å². The predicted octanol–water partition coefficient (Wildman–Crippen LogP) is 4.79. The fourth-order valence-electron chi connectivity index (χ4n) is 1.77. The van der Waals surface area contributed by atoms with Crippen molar-refractivity contribution in [1.82, 2.24) is 0 Å². The number of benzene rings is 2. The van der Waals surface area contributed by atoms with Crippen molar-refractivity contribution in [2.24, 2.45) is 5.73 Å². The summed E-state index contributed by atoms with van der Waals surface area (Å²) in [6.07, 6.45) is 0. The molecule has 0 aliphatic rings. The molecule has 5 heteroatoms. The molecule has 0 bridgehead atoms. The minimum atomic E-state index is 0.407. The third-order valence-corrected chi connectivity index (χ3v) is 3.74. The van der Waals surface area contributed by atoms with E-state index in [9.17, 15) is 0 Å². The van der Waals surface area contributed by atoms with Gasteiger partial charge in [0, 0.05) is 15.7 Å². The van der Waals surface area contributed by atoms with Crippen LogP contribution in [0.1, 0.15) is 11.1 Å². The number of nitrogens with one attached hydrogen (secondary N) is 1. The Hall–Kier alpha value is -1.10. The van der Waals surface area contributed by atoms with Gasteiger partial charge in [-0.25, -0.2) is 0 Å². The minimum Gasteiger partial charge on any atom is -0.389 e. The van der Waals surface area contributed by atoms with Crippen LogP contribution in [0, 0.1) is 6.92 Å². The van der Waals surface area contributed by atoms with Gasteiger partial charge < -0.3 is 11.1 Å². The zero-order valence-corrected chi connectivity index (χ0v) is 13.4. The van der Waals surface area contributed by atoms with Gasteiger partial charge in [0.1, 0.15) is 4.99 Å². The Kier molecular flexibility index (Phi) is 4.45. The molecule has 19 heavy (non-hydrogen) atoms. The van der Waals surface area contributed by atoms with Gasteiger partial charge in [0.25, 0.3) is 0 Å². The summed E-state index contributed by atoms with van der Waals surface area (Å²) in [6.45, 7) is 1.97. The summed E-state index contributed by atoms with van der Waals surface area (Å²) in [5, 5.41) is 3.94. The Morgan fingerprint density at radius 2 is 2.00 bits per heavy atom. The second-order valence-electron chi connectivity index (χ2n) is 4.14. The van der Waals surface area contributed by atoms with Crippen LogP contribution in [0.5, 0.6) is 0 Å². The fraction of sp³-hybridized carbons (Fsp3) is 0.0714. The molecule has 0 saturated carbocycles. The highest BCUT2D eigenvalue weighted by Crippen LogP contribution is 2.29. The zero-order valence-electron chi connectivity index (χ0n) is 10.2. The first kappa shape index (κ1) is 14.3. The Morgan fingerprint density at radius 1 is 1.26 bits per heavy atom. The summed E-state index contributed by atoms with van der Waals surface area (Å²) in [7, 11) is 0. The molecule has 3 N–H and O–H groups in total. The number of rotatable bonds is 3. The number of nitrogens with two attached hydrogens (primary N) is 1. The number of aryl methyl sites for hydroxylation is 1. The largest absolute Gasteiger partial charge is 0.389 e. The molecule has 2 aromatic rings. The molecule has 0 fully saturated rings. The first-order valence-corrected chi connectivity index (χ1v) is 7.18. The Labute approximate surface area is 131 Å². The van der Waals surface area contributed by atoms with Crippen molar-refractivity contribution in [3.05, 3.63) is 57.0 Å². The molecule has 0 aromatic heterocycles. The van der Waals surface area contributed by atoms with Crippen LogP contribution >= 0.6 is 39.7 Å². The number of anilines is 2. The van der Waals surface area contributed by atoms with E-state index in [1.54, 1.807) is 0 Å². The lowest BCUT2D eigenvalue weighted by Gasteiger charge is -2.11. The summed E-state index contributed by atoms with van der Waals surface area (Å²) in [5.74, 6) is 0. The number of hydrogen-bond acceptors (Lipinski definition) is 2. The maximum absolute atomic E-state index is 6.14. The van der Waals surface area contributed by atoms with Crippen molar-refractivity contribution >= 4 is 56.1 Å². The fourth-order valence-corrected chi connectivity index (χ4v) is 2.52. The van der Waals surface area contributed by atoms with Gasteiger partial charge in [-0.3, -0.25) is 0 Å². The van der Waals surface area contributed by atoms with Crippen molar-refractivity contribution in [1.29, 1.82) is 0 Å². The second-order valence-corrected chi connectivity index (χ2v) is 5.91. The van der Waals surface area contributed by atoms with Gasteiger partial charge >= 0.3 is 0 Å². The first-order chi connectivity index (χ1) is 8.97. The minimum absolute atomic E-state index is 0.407. The van der Waals surface area contributed by atoms with Gasteiger partial charge in [-0.15, -0.1) is 0 Å². The third kappa shape index (κ3) is 3.47. The molecule has 0 aliphatic carbocycles. The van der Waals surface area contributed by atoms with E-state index < -0.39 is 0 Å². The number of hydrogen-bond donors (Lipinski definition) is 2. The molecule has 2 aromatic carbocycles. The molecule has 0 aliphatic heterocycles. The van der Waals surface area contributed by atoms with Crippen molar-refractivity contribution in [2.45, 2.75) is 6.92 Å². The predicted molar refractivity (Wildman–Crippen MR) is 89.5 cm³/mol. The van der Waals surface area contributed by atoms with Crippen LogP contribution in [0.2, 0.25) is 5.02 Å². The lowest BCUT2D eigenvalue weighted by molar-refractivity contribution is 1.42. The molecule has 0 atom stereocenters. The van der Waals surface area contributed by atoms with Crippen LogP contribution in [-0.2, 0) is 0 Å². The van der Waals surface area contributed by atoms with Gasteiger partial charge in [-0.05, 0) is 48.9 Å². The Balaban J connectivity index is 2.31. The summed E-state index contributed by atoms with van der Waals surface area (Å²) < 4.78 is 0.968. The number of thiocarbonyl (C=S) groups is 1. The first-order valence-electron chi connectivity index (χ1n) is 5.60. The Bertz CT molecular complexity index is 643. The quantitative estimate of drug-likeness (QED) is 0.778. The van der Waals surface area contributed by atoms with Gasteiger partial charge in [-0.2, -0.15) is 0 Å². The van der Waals surface area contributed by atoms with E-state index in [-0.39, 0.29) is 0 Å². The van der Waals surface area contributed by atoms with E-state index in [1.165, 1.54) is 0 Å². The van der Waals surface area contributed by atoms with Crippen LogP contribution in [0.3, 0.4) is 0 Å². The summed E-state index contributed by atoms with van der Waals surface area (Å²) >= 11 is 14.6. The van der Waals surface area contributed by atoms with Gasteiger partial charge in [0.2, 0.25) is 0 Å². The Morgan fingerprint density at radius 3 is 2.63 bits per heavy atom. The van der Waals surface area contributed by atoms with E-state index in [2.05, 4.69) is 21.2 Å². The van der Waals surface area contributed by atoms with Crippen molar-refractivity contribution < 1.29 is 0 Å². The molecule has 0 unspecified atom stereocenters. The van der Waals surface area contributed by atoms with Crippen molar-refractivity contribution in [3.8, 4) is 0 Å². The van der Waals surface area contributed by atoms with Crippen LogP contribution < -0.4 is 11.1 Å². The SMILES string of the molecule is Cc1cc(Nc2cc(Br)ccc2Cl)ccc1C(N)=S. The lowest BCUT2D eigenvalue weighted by Crippen LogP contribution is -2.11. The third-order valence-electron chi connectivity index (χ3n) is 2.70. The molecule has 2 nitrogen and oxygen atoms in total. The lowest BCUT2D eigenvalue weighted by atomic mass is 10.1. The highest BCUT2D eigenvalue weighted by molar-refractivity contribution is 9.10. The van der Waals surface area contributed by atoms with Crippen molar-refractivity contribution in [3.63, 3.8) is 0 Å². The van der Waals surface area contributed by atoms with Crippen LogP contribution in [-0.4, -0.2) is 4.99 Å². The summed E-state index contributed by atoms with van der Waals surface area (Å²) in [4.78, 5) is 0.407. The summed E-state index contributed by atoms with van der Waals surface area (Å²) in [6, 6.07) is 11.5. The average molecular weight is 356 g/mol. The average Bonchev–Trinajstić information content (AvgIpc) is 2.33. The topological polar surface area (TPSA) is 38.0 Å². The molecule has 0 heterocycles. The highest BCUT2D eigenvalue weighted by atomic mass is 79.9. The molecule has 0 saturated heterocycles. The maximum Gasteiger partial charge on any atom is 0.104 e. The van der Waals surface area contributed by atoms with Gasteiger partial charge in [0.05, 0.1) is 10.7 Å². The molecule has 0 spiro atoms. The van der Waals surface area contributed by atoms with E-state index in [1.807, 2.05) is 43.3 Å². The monoisotopic (exact) mass is 354 g/mol. The van der Waals surface area contributed by atoms with E-state index >= 15 is 0 Å². The normalized spacial score (nSPS) is 10.3. The van der Waals surface area contributed by atoms with Gasteiger partial charge in [-0.1, -0.05) is 39.7 Å². The number of halogens is 2. The smallest absolute Gasteiger partial charge is 0.104 e. The van der Waals surface area contributed by atoms with E-state index in [4.69, 9.17) is 29.6 Å². The standard InChI is InChI=1S/C14H12BrClN2S/c1-8-6-10(3-4-11(8)14(17)19)18-13-7-9(15)2-5-12(13)16/h2-7,18H,1H3,(H2,17,19). The van der Waals surface area contributed by atoms with Crippen LogP contribution in [0.25, 0.3) is 0 Å². The van der Waals surface area contributed by atoms with Crippen LogP contribution in [0.4, 0.5) is 11.4 Å². The molecule has 0 amide bonds.